The van der Waals surface area contributed by atoms with Crippen molar-refractivity contribution in [2.75, 3.05) is 17.7 Å². The Bertz CT molecular complexity index is 991. The van der Waals surface area contributed by atoms with Crippen molar-refractivity contribution in [3.05, 3.63) is 60.9 Å². The molecule has 3 rings (SSSR count). The van der Waals surface area contributed by atoms with Gasteiger partial charge in [-0.3, -0.25) is 4.79 Å². The van der Waals surface area contributed by atoms with E-state index >= 15 is 0 Å². The molecule has 0 saturated heterocycles. The van der Waals surface area contributed by atoms with Crippen molar-refractivity contribution in [3.63, 3.8) is 0 Å². The summed E-state index contributed by atoms with van der Waals surface area (Å²) in [6, 6.07) is 16.4. The molecule has 0 saturated carbocycles. The van der Waals surface area contributed by atoms with Crippen LogP contribution in [0.15, 0.2) is 60.9 Å². The molecule has 4 N–H and O–H groups in total. The fourth-order valence-electron chi connectivity index (χ4n) is 2.95. The number of hydrogen-bond acceptors (Lipinski definition) is 6. The summed E-state index contributed by atoms with van der Waals surface area (Å²) in [5, 5.41) is 6.11. The van der Waals surface area contributed by atoms with Gasteiger partial charge in [-0.15, -0.1) is 0 Å². The number of carbonyl (C=O) groups is 1. The predicted molar refractivity (Wildman–Crippen MR) is 120 cm³/mol. The van der Waals surface area contributed by atoms with E-state index in [1.165, 1.54) is 6.33 Å². The first-order valence-corrected chi connectivity index (χ1v) is 9.90. The Hall–Kier alpha value is -3.45. The van der Waals surface area contributed by atoms with Crippen LogP contribution in [0.3, 0.4) is 0 Å². The summed E-state index contributed by atoms with van der Waals surface area (Å²) in [7, 11) is 1.63. The first kappa shape index (κ1) is 21.3. The maximum Gasteiger partial charge on any atom is 0.241 e. The number of amides is 1. The first-order valence-electron chi connectivity index (χ1n) is 9.90. The van der Waals surface area contributed by atoms with E-state index in [0.29, 0.717) is 11.5 Å². The molecule has 0 aliphatic rings. The van der Waals surface area contributed by atoms with Crippen LogP contribution < -0.4 is 21.1 Å². The molecule has 2 aromatic carbocycles. The lowest BCUT2D eigenvalue weighted by Gasteiger charge is -2.17. The number of para-hydroxylation sites is 1. The number of carbonyl (C=O) groups excluding carboxylic acids is 1. The minimum absolute atomic E-state index is 0.126. The van der Waals surface area contributed by atoms with Crippen molar-refractivity contribution in [3.8, 4) is 17.0 Å². The Kier molecular flexibility index (Phi) is 6.98. The number of hydrogen-bond donors (Lipinski definition) is 3. The van der Waals surface area contributed by atoms with E-state index < -0.39 is 6.04 Å². The number of anilines is 3. The van der Waals surface area contributed by atoms with Gasteiger partial charge in [-0.25, -0.2) is 9.97 Å². The molecule has 0 fully saturated rings. The molecule has 1 heterocycles. The minimum atomic E-state index is -0.526. The van der Waals surface area contributed by atoms with Gasteiger partial charge in [0.2, 0.25) is 5.91 Å². The van der Waals surface area contributed by atoms with Crippen LogP contribution in [0.1, 0.15) is 20.3 Å². The van der Waals surface area contributed by atoms with Crippen LogP contribution in [-0.4, -0.2) is 29.0 Å². The van der Waals surface area contributed by atoms with E-state index in [9.17, 15) is 4.79 Å². The second kappa shape index (κ2) is 9.84. The highest BCUT2D eigenvalue weighted by atomic mass is 16.5. The lowest BCUT2D eigenvalue weighted by Crippen LogP contribution is -2.40. The molecule has 3 aromatic rings. The zero-order chi connectivity index (χ0) is 21.5. The lowest BCUT2D eigenvalue weighted by molar-refractivity contribution is -0.118. The van der Waals surface area contributed by atoms with Gasteiger partial charge in [-0.2, -0.15) is 0 Å². The monoisotopic (exact) mass is 405 g/mol. The van der Waals surface area contributed by atoms with E-state index in [2.05, 4.69) is 20.6 Å². The maximum absolute atomic E-state index is 12.2. The summed E-state index contributed by atoms with van der Waals surface area (Å²) in [4.78, 5) is 20.9. The summed E-state index contributed by atoms with van der Waals surface area (Å²) in [5.74, 6) is 1.35. The van der Waals surface area contributed by atoms with E-state index in [1.54, 1.807) is 7.11 Å². The highest BCUT2D eigenvalue weighted by molar-refractivity contribution is 5.95. The molecule has 2 atom stereocenters. The van der Waals surface area contributed by atoms with Gasteiger partial charge in [-0.1, -0.05) is 32.4 Å². The average Bonchev–Trinajstić information content (AvgIpc) is 2.79. The molecule has 30 heavy (non-hydrogen) atoms. The largest absolute Gasteiger partial charge is 0.496 e. The number of aromatic nitrogens is 2. The van der Waals surface area contributed by atoms with Crippen molar-refractivity contribution in [1.82, 2.24) is 9.97 Å². The van der Waals surface area contributed by atoms with E-state index in [0.717, 1.165) is 29.1 Å². The van der Waals surface area contributed by atoms with Crippen LogP contribution >= 0.6 is 0 Å². The molecule has 0 bridgehead atoms. The van der Waals surface area contributed by atoms with E-state index in [-0.39, 0.29) is 11.8 Å². The summed E-state index contributed by atoms with van der Waals surface area (Å²) < 4.78 is 5.42. The highest BCUT2D eigenvalue weighted by Crippen LogP contribution is 2.29. The van der Waals surface area contributed by atoms with Gasteiger partial charge in [0, 0.05) is 23.0 Å². The fraction of sp³-hybridized carbons (Fsp3) is 0.261. The topological polar surface area (TPSA) is 102 Å². The Morgan fingerprint density at radius 1 is 1.10 bits per heavy atom. The molecule has 1 amide bonds. The maximum atomic E-state index is 12.2. The number of methoxy groups -OCH3 is 1. The molecule has 156 valence electrons. The van der Waals surface area contributed by atoms with Gasteiger partial charge >= 0.3 is 0 Å². The SMILES string of the molecule is CC[C@H](C)[C@H](N)C(=O)Nc1ccc(Nc2cc(-c3ccccc3OC)ncn2)cc1. The minimum Gasteiger partial charge on any atom is -0.496 e. The Labute approximate surface area is 176 Å². The summed E-state index contributed by atoms with van der Waals surface area (Å²) >= 11 is 0. The van der Waals surface area contributed by atoms with Gasteiger partial charge in [-0.05, 0) is 42.3 Å². The number of rotatable bonds is 8. The molecule has 7 nitrogen and oxygen atoms in total. The van der Waals surface area contributed by atoms with Crippen molar-refractivity contribution in [2.24, 2.45) is 11.7 Å². The van der Waals surface area contributed by atoms with Crippen LogP contribution in [0.25, 0.3) is 11.3 Å². The lowest BCUT2D eigenvalue weighted by atomic mass is 9.99. The third-order valence-electron chi connectivity index (χ3n) is 5.03. The molecular formula is C23H27N5O2. The zero-order valence-corrected chi connectivity index (χ0v) is 17.4. The molecule has 0 unspecified atom stereocenters. The molecule has 0 radical (unpaired) electrons. The van der Waals surface area contributed by atoms with E-state index in [1.807, 2.05) is 68.4 Å². The molecule has 7 heteroatoms. The second-order valence-electron chi connectivity index (χ2n) is 7.09. The number of nitrogens with two attached hydrogens (primary N) is 1. The van der Waals surface area contributed by atoms with Gasteiger partial charge in [0.15, 0.2) is 0 Å². The van der Waals surface area contributed by atoms with Crippen LogP contribution in [-0.2, 0) is 4.79 Å². The van der Waals surface area contributed by atoms with Gasteiger partial charge in [0.1, 0.15) is 17.9 Å². The van der Waals surface area contributed by atoms with Crippen LogP contribution in [0.2, 0.25) is 0 Å². The van der Waals surface area contributed by atoms with Gasteiger partial charge in [0.25, 0.3) is 0 Å². The van der Waals surface area contributed by atoms with Crippen LogP contribution in [0, 0.1) is 5.92 Å². The molecule has 0 spiro atoms. The number of ether oxygens (including phenoxy) is 1. The summed E-state index contributed by atoms with van der Waals surface area (Å²) in [6.45, 7) is 3.99. The van der Waals surface area contributed by atoms with Crippen molar-refractivity contribution < 1.29 is 9.53 Å². The standard InChI is InChI=1S/C23H27N5O2/c1-4-15(2)22(24)23(29)28-17-11-9-16(10-12-17)27-21-13-19(25-14-26-21)18-7-5-6-8-20(18)30-3/h5-15,22H,4,24H2,1-3H3,(H,28,29)(H,25,26,27)/t15-,22-/m0/s1. The quantitative estimate of drug-likeness (QED) is 0.519. The van der Waals surface area contributed by atoms with Crippen molar-refractivity contribution >= 4 is 23.1 Å². The number of benzene rings is 2. The van der Waals surface area contributed by atoms with E-state index in [4.69, 9.17) is 10.5 Å². The van der Waals surface area contributed by atoms with Crippen molar-refractivity contribution in [2.45, 2.75) is 26.3 Å². The van der Waals surface area contributed by atoms with Gasteiger partial charge < -0.3 is 21.1 Å². The smallest absolute Gasteiger partial charge is 0.241 e. The third-order valence-corrected chi connectivity index (χ3v) is 5.03. The average molecular weight is 406 g/mol. The third kappa shape index (κ3) is 5.12. The summed E-state index contributed by atoms with van der Waals surface area (Å²) in [5.41, 5.74) is 9.17. The fourth-order valence-corrected chi connectivity index (χ4v) is 2.95. The van der Waals surface area contributed by atoms with Crippen LogP contribution in [0.4, 0.5) is 17.2 Å². The van der Waals surface area contributed by atoms with Crippen LogP contribution in [0.5, 0.6) is 5.75 Å². The molecule has 1 aromatic heterocycles. The van der Waals surface area contributed by atoms with Crippen molar-refractivity contribution in [1.29, 1.82) is 0 Å². The van der Waals surface area contributed by atoms with Gasteiger partial charge in [0.05, 0.1) is 18.8 Å². The normalized spacial score (nSPS) is 12.7. The Morgan fingerprint density at radius 3 is 2.50 bits per heavy atom. The Morgan fingerprint density at radius 2 is 1.80 bits per heavy atom. The molecular weight excluding hydrogens is 378 g/mol. The highest BCUT2D eigenvalue weighted by Gasteiger charge is 2.19. The summed E-state index contributed by atoms with van der Waals surface area (Å²) in [6.07, 6.45) is 2.36. The second-order valence-corrected chi connectivity index (χ2v) is 7.09. The first-order chi connectivity index (χ1) is 14.5. The Balaban J connectivity index is 1.70. The zero-order valence-electron chi connectivity index (χ0n) is 17.4. The molecule has 0 aliphatic heterocycles. The predicted octanol–water partition coefficient (Wildman–Crippen LogP) is 4.21. The number of nitrogens with one attached hydrogen (secondary N) is 2. The number of nitrogens with zero attached hydrogens (tertiary/aromatic N) is 2. The molecule has 0 aliphatic carbocycles.